The summed E-state index contributed by atoms with van der Waals surface area (Å²) in [5.74, 6) is -2.02. The Kier molecular flexibility index (Phi) is 9.54. The Bertz CT molecular complexity index is 1350. The van der Waals surface area contributed by atoms with Crippen molar-refractivity contribution in [3.8, 4) is 11.1 Å². The maximum absolute atomic E-state index is 13.3. The molecule has 3 aromatic rings. The van der Waals surface area contributed by atoms with Crippen molar-refractivity contribution in [2.24, 2.45) is 11.8 Å². The molecule has 2 amide bonds. The number of carboxylic acids is 1. The third-order valence-electron chi connectivity index (χ3n) is 8.49. The number of carbonyl (C=O) groups excluding carboxylic acids is 2. The molecule has 5 rings (SSSR count). The zero-order valence-corrected chi connectivity index (χ0v) is 23.8. The number of alkyl carbamates (subject to hydrolysis) is 1. The van der Waals surface area contributed by atoms with E-state index in [4.69, 9.17) is 9.47 Å². The van der Waals surface area contributed by atoms with Crippen LogP contribution in [0, 0.1) is 11.8 Å². The molecule has 3 N–H and O–H groups in total. The Labute approximate surface area is 246 Å². The Morgan fingerprint density at radius 1 is 0.881 bits per heavy atom. The fraction of sp³-hybridized carbons (Fsp3) is 0.382. The van der Waals surface area contributed by atoms with E-state index < -0.39 is 30.1 Å². The second kappa shape index (κ2) is 13.7. The first-order chi connectivity index (χ1) is 20.4. The molecule has 0 aliphatic heterocycles. The fourth-order valence-corrected chi connectivity index (χ4v) is 6.20. The smallest absolute Gasteiger partial charge is 0.407 e. The van der Waals surface area contributed by atoms with Gasteiger partial charge < -0.3 is 25.2 Å². The largest absolute Gasteiger partial charge is 0.480 e. The van der Waals surface area contributed by atoms with Gasteiger partial charge in [-0.1, -0.05) is 91.7 Å². The monoisotopic (exact) mass is 570 g/mol. The van der Waals surface area contributed by atoms with Gasteiger partial charge in [-0.2, -0.15) is 0 Å². The number of rotatable bonds is 11. The van der Waals surface area contributed by atoms with Crippen molar-refractivity contribution in [1.82, 2.24) is 10.6 Å². The topological polar surface area (TPSA) is 114 Å². The van der Waals surface area contributed by atoms with Crippen molar-refractivity contribution >= 4 is 18.0 Å². The second-order valence-electron chi connectivity index (χ2n) is 11.2. The van der Waals surface area contributed by atoms with Crippen LogP contribution in [0.5, 0.6) is 0 Å². The summed E-state index contributed by atoms with van der Waals surface area (Å²) in [6.45, 7) is 2.40. The third kappa shape index (κ3) is 6.82. The molecule has 0 spiro atoms. The van der Waals surface area contributed by atoms with Gasteiger partial charge in [0.25, 0.3) is 0 Å². The van der Waals surface area contributed by atoms with Crippen LogP contribution in [-0.4, -0.2) is 48.4 Å². The SMILES string of the molecule is CC(OCc1ccccc1)C(NC(=O)[C@@H]1CCCC[C@@H]1CNC(=O)OCC1c2ccccc2-c2ccccc21)C(=O)O. The average molecular weight is 571 g/mol. The van der Waals surface area contributed by atoms with E-state index in [9.17, 15) is 19.5 Å². The molecule has 2 aliphatic carbocycles. The Hall–Kier alpha value is -4.17. The van der Waals surface area contributed by atoms with Gasteiger partial charge in [-0.15, -0.1) is 0 Å². The van der Waals surface area contributed by atoms with Gasteiger partial charge in [-0.3, -0.25) is 4.79 Å². The summed E-state index contributed by atoms with van der Waals surface area (Å²) in [5.41, 5.74) is 5.54. The predicted molar refractivity (Wildman–Crippen MR) is 159 cm³/mol. The Morgan fingerprint density at radius 2 is 1.50 bits per heavy atom. The molecule has 2 unspecified atom stereocenters. The van der Waals surface area contributed by atoms with E-state index >= 15 is 0 Å². The van der Waals surface area contributed by atoms with Crippen molar-refractivity contribution in [3.63, 3.8) is 0 Å². The van der Waals surface area contributed by atoms with Crippen LogP contribution in [0.4, 0.5) is 4.79 Å². The molecule has 2 aliphatic rings. The fourth-order valence-electron chi connectivity index (χ4n) is 6.20. The number of carbonyl (C=O) groups is 3. The summed E-state index contributed by atoms with van der Waals surface area (Å²) in [6, 6.07) is 24.6. The minimum Gasteiger partial charge on any atom is -0.480 e. The van der Waals surface area contributed by atoms with E-state index in [0.29, 0.717) is 6.42 Å². The van der Waals surface area contributed by atoms with Crippen LogP contribution < -0.4 is 10.6 Å². The molecule has 1 saturated carbocycles. The van der Waals surface area contributed by atoms with Gasteiger partial charge in [0.2, 0.25) is 5.91 Å². The average Bonchev–Trinajstić information content (AvgIpc) is 3.34. The number of hydrogen-bond acceptors (Lipinski definition) is 5. The van der Waals surface area contributed by atoms with Crippen LogP contribution in [0.2, 0.25) is 0 Å². The summed E-state index contributed by atoms with van der Waals surface area (Å²) in [6.07, 6.45) is 1.96. The number of aliphatic carboxylic acids is 1. The minimum absolute atomic E-state index is 0.0320. The molecule has 220 valence electrons. The second-order valence-corrected chi connectivity index (χ2v) is 11.2. The lowest BCUT2D eigenvalue weighted by Crippen LogP contribution is -2.52. The van der Waals surface area contributed by atoms with Crippen LogP contribution >= 0.6 is 0 Å². The summed E-state index contributed by atoms with van der Waals surface area (Å²) in [7, 11) is 0. The quantitative estimate of drug-likeness (QED) is 0.280. The van der Waals surface area contributed by atoms with E-state index in [-0.39, 0.29) is 37.5 Å². The molecule has 42 heavy (non-hydrogen) atoms. The van der Waals surface area contributed by atoms with E-state index in [1.807, 2.05) is 54.6 Å². The highest BCUT2D eigenvalue weighted by Gasteiger charge is 2.36. The molecule has 0 aromatic heterocycles. The lowest BCUT2D eigenvalue weighted by molar-refractivity contribution is -0.147. The maximum atomic E-state index is 13.3. The zero-order valence-electron chi connectivity index (χ0n) is 23.8. The van der Waals surface area contributed by atoms with Crippen molar-refractivity contribution < 1.29 is 29.0 Å². The highest BCUT2D eigenvalue weighted by Crippen LogP contribution is 2.44. The lowest BCUT2D eigenvalue weighted by atomic mass is 9.78. The maximum Gasteiger partial charge on any atom is 0.407 e. The van der Waals surface area contributed by atoms with E-state index in [0.717, 1.165) is 47.1 Å². The first-order valence-corrected chi connectivity index (χ1v) is 14.7. The molecule has 0 radical (unpaired) electrons. The zero-order chi connectivity index (χ0) is 29.5. The third-order valence-corrected chi connectivity index (χ3v) is 8.49. The van der Waals surface area contributed by atoms with E-state index in [2.05, 4.69) is 34.9 Å². The number of carboxylic acid groups (broad SMARTS) is 1. The van der Waals surface area contributed by atoms with Crippen molar-refractivity contribution in [2.75, 3.05) is 13.2 Å². The first-order valence-electron chi connectivity index (χ1n) is 14.7. The number of amides is 2. The highest BCUT2D eigenvalue weighted by molar-refractivity contribution is 5.85. The van der Waals surface area contributed by atoms with Gasteiger partial charge in [0.05, 0.1) is 12.7 Å². The standard InChI is InChI=1S/C34H38N2O6/c1-22(41-20-23-11-3-2-4-12-23)31(33(38)39)36-32(37)25-14-6-5-13-24(25)19-35-34(40)42-21-30-28-17-9-7-15-26(28)27-16-8-10-18-29(27)30/h2-4,7-12,15-18,22,24-25,30-31H,5-6,13-14,19-21H2,1H3,(H,35,40)(H,36,37)(H,38,39)/t22?,24-,25-,31?/m1/s1. The van der Waals surface area contributed by atoms with Gasteiger partial charge in [-0.05, 0) is 53.5 Å². The Balaban J connectivity index is 1.14. The van der Waals surface area contributed by atoms with Gasteiger partial charge in [0.1, 0.15) is 6.61 Å². The van der Waals surface area contributed by atoms with Gasteiger partial charge in [0, 0.05) is 18.4 Å². The number of benzene rings is 3. The van der Waals surface area contributed by atoms with Crippen molar-refractivity contribution in [3.05, 3.63) is 95.6 Å². The van der Waals surface area contributed by atoms with Crippen LogP contribution in [0.3, 0.4) is 0 Å². The van der Waals surface area contributed by atoms with Crippen LogP contribution in [0.1, 0.15) is 55.2 Å². The molecule has 0 bridgehead atoms. The Morgan fingerprint density at radius 3 is 2.17 bits per heavy atom. The molecule has 4 atom stereocenters. The van der Waals surface area contributed by atoms with Crippen LogP contribution in [0.15, 0.2) is 78.9 Å². The predicted octanol–water partition coefficient (Wildman–Crippen LogP) is 5.51. The summed E-state index contributed by atoms with van der Waals surface area (Å²) >= 11 is 0. The normalized spacial score (nSPS) is 19.2. The highest BCUT2D eigenvalue weighted by atomic mass is 16.5. The molecule has 3 aromatic carbocycles. The number of hydrogen-bond donors (Lipinski definition) is 3. The minimum atomic E-state index is -1.18. The molecule has 8 nitrogen and oxygen atoms in total. The molecule has 0 heterocycles. The van der Waals surface area contributed by atoms with Gasteiger partial charge >= 0.3 is 12.1 Å². The summed E-state index contributed by atoms with van der Waals surface area (Å²) in [4.78, 5) is 38.1. The van der Waals surface area contributed by atoms with Crippen molar-refractivity contribution in [2.45, 2.75) is 57.3 Å². The van der Waals surface area contributed by atoms with E-state index in [1.165, 1.54) is 0 Å². The molecular weight excluding hydrogens is 532 g/mol. The van der Waals surface area contributed by atoms with Crippen LogP contribution in [0.25, 0.3) is 11.1 Å². The number of ether oxygens (including phenoxy) is 2. The summed E-state index contributed by atoms with van der Waals surface area (Å²) in [5, 5.41) is 15.4. The lowest BCUT2D eigenvalue weighted by Gasteiger charge is -2.32. The number of fused-ring (bicyclic) bond motifs is 3. The molecule has 0 saturated heterocycles. The van der Waals surface area contributed by atoms with Crippen LogP contribution in [-0.2, 0) is 25.7 Å². The van der Waals surface area contributed by atoms with Crippen molar-refractivity contribution in [1.29, 1.82) is 0 Å². The van der Waals surface area contributed by atoms with Gasteiger partial charge in [-0.25, -0.2) is 9.59 Å². The molecule has 1 fully saturated rings. The number of nitrogens with one attached hydrogen (secondary N) is 2. The van der Waals surface area contributed by atoms with E-state index in [1.54, 1.807) is 6.92 Å². The molecule has 8 heteroatoms. The van der Waals surface area contributed by atoms with Gasteiger partial charge in [0.15, 0.2) is 6.04 Å². The first kappa shape index (κ1) is 29.3. The molecular formula is C34H38N2O6. The summed E-state index contributed by atoms with van der Waals surface area (Å²) < 4.78 is 11.5.